The number of hydrogen-bond donors (Lipinski definition) is 4. The molecule has 6 nitrogen and oxygen atoms in total. The smallest absolute Gasteiger partial charge is 0.314 e. The molecule has 2 heterocycles. The summed E-state index contributed by atoms with van der Waals surface area (Å²) in [6.45, 7) is 2.28. The van der Waals surface area contributed by atoms with E-state index in [-0.39, 0.29) is 18.2 Å². The van der Waals surface area contributed by atoms with Gasteiger partial charge in [-0.05, 0) is 6.92 Å². The molecule has 0 spiro atoms. The lowest BCUT2D eigenvalue weighted by Gasteiger charge is -2.24. The topological polar surface area (TPSA) is 73.5 Å². The van der Waals surface area contributed by atoms with Crippen LogP contribution in [0, 0.1) is 0 Å². The van der Waals surface area contributed by atoms with Crippen molar-refractivity contribution in [2.45, 2.75) is 18.8 Å². The van der Waals surface area contributed by atoms with E-state index >= 15 is 0 Å². The molecule has 0 saturated carbocycles. The van der Waals surface area contributed by atoms with Crippen molar-refractivity contribution in [1.82, 2.24) is 20.9 Å². The predicted molar refractivity (Wildman–Crippen MR) is 53.0 cm³/mol. The van der Waals surface area contributed by atoms with E-state index < -0.39 is 5.66 Å². The minimum absolute atomic E-state index is 0.181. The number of rotatable bonds is 2. The highest BCUT2D eigenvalue weighted by atomic mass is 32.1. The molecule has 0 bridgehead atoms. The van der Waals surface area contributed by atoms with Gasteiger partial charge in [-0.15, -0.1) is 0 Å². The van der Waals surface area contributed by atoms with Crippen molar-refractivity contribution in [3.63, 3.8) is 0 Å². The van der Waals surface area contributed by atoms with Gasteiger partial charge < -0.3 is 16.0 Å². The summed E-state index contributed by atoms with van der Waals surface area (Å²) in [7, 11) is 0. The van der Waals surface area contributed by atoms with Crippen molar-refractivity contribution in [3.8, 4) is 0 Å². The Hall–Kier alpha value is -1.11. The standard InChI is InChI=1S/C7H12N4O2S/c1-7-4(8-5(12)9-7)11(2-3-14)6(13)10-7/h4,14H,2-3H2,1H3,(H,10,13)(H2,8,9,12). The fourth-order valence-corrected chi connectivity index (χ4v) is 2.06. The molecule has 2 unspecified atom stereocenters. The first-order chi connectivity index (χ1) is 6.57. The molecule has 0 aromatic rings. The lowest BCUT2D eigenvalue weighted by atomic mass is 10.2. The fourth-order valence-electron chi connectivity index (χ4n) is 1.85. The van der Waals surface area contributed by atoms with Crippen LogP contribution in [0.2, 0.25) is 0 Å². The predicted octanol–water partition coefficient (Wildman–Crippen LogP) is -0.704. The van der Waals surface area contributed by atoms with Gasteiger partial charge in [0.1, 0.15) is 6.17 Å². The highest BCUT2D eigenvalue weighted by Gasteiger charge is 2.53. The van der Waals surface area contributed by atoms with Gasteiger partial charge in [0.15, 0.2) is 5.66 Å². The van der Waals surface area contributed by atoms with Crippen LogP contribution in [-0.2, 0) is 0 Å². The molecule has 14 heavy (non-hydrogen) atoms. The quantitative estimate of drug-likeness (QED) is 0.461. The van der Waals surface area contributed by atoms with E-state index in [9.17, 15) is 9.59 Å². The Morgan fingerprint density at radius 3 is 2.86 bits per heavy atom. The van der Waals surface area contributed by atoms with E-state index in [2.05, 4.69) is 28.6 Å². The maximum absolute atomic E-state index is 11.5. The van der Waals surface area contributed by atoms with Gasteiger partial charge >= 0.3 is 12.1 Å². The second-order valence-electron chi connectivity index (χ2n) is 3.55. The van der Waals surface area contributed by atoms with E-state index in [1.165, 1.54) is 0 Å². The second kappa shape index (κ2) is 2.94. The molecule has 2 atom stereocenters. The molecule has 3 N–H and O–H groups in total. The minimum atomic E-state index is -0.697. The van der Waals surface area contributed by atoms with E-state index in [1.54, 1.807) is 11.8 Å². The molecule has 0 radical (unpaired) electrons. The van der Waals surface area contributed by atoms with Gasteiger partial charge in [0.05, 0.1) is 0 Å². The first-order valence-corrected chi connectivity index (χ1v) is 4.98. The Labute approximate surface area is 86.8 Å². The Kier molecular flexibility index (Phi) is 1.99. The summed E-state index contributed by atoms with van der Waals surface area (Å²) in [5.41, 5.74) is -0.697. The number of amides is 4. The number of fused-ring (bicyclic) bond motifs is 1. The molecule has 2 aliphatic heterocycles. The first-order valence-electron chi connectivity index (χ1n) is 4.35. The van der Waals surface area contributed by atoms with Gasteiger partial charge in [0.25, 0.3) is 0 Å². The summed E-state index contributed by atoms with van der Waals surface area (Å²) in [6.07, 6.45) is -0.324. The number of hydrogen-bond acceptors (Lipinski definition) is 3. The van der Waals surface area contributed by atoms with Crippen LogP contribution in [-0.4, -0.2) is 41.1 Å². The van der Waals surface area contributed by atoms with Crippen LogP contribution in [0.1, 0.15) is 6.92 Å². The zero-order valence-electron chi connectivity index (χ0n) is 7.70. The van der Waals surface area contributed by atoms with Crippen LogP contribution in [0.3, 0.4) is 0 Å². The summed E-state index contributed by atoms with van der Waals surface area (Å²) in [5, 5.41) is 8.06. The van der Waals surface area contributed by atoms with Crippen molar-refractivity contribution in [1.29, 1.82) is 0 Å². The average molecular weight is 216 g/mol. The number of urea groups is 2. The van der Waals surface area contributed by atoms with Crippen LogP contribution >= 0.6 is 12.6 Å². The van der Waals surface area contributed by atoms with E-state index in [1.807, 2.05) is 0 Å². The van der Waals surface area contributed by atoms with Crippen LogP contribution in [0.15, 0.2) is 0 Å². The molecule has 2 rings (SSSR count). The zero-order valence-corrected chi connectivity index (χ0v) is 8.60. The molecule has 2 saturated heterocycles. The van der Waals surface area contributed by atoms with Gasteiger partial charge in [-0.3, -0.25) is 4.90 Å². The molecule has 7 heteroatoms. The number of carbonyl (C=O) groups excluding carboxylic acids is 2. The Bertz CT molecular complexity index is 297. The second-order valence-corrected chi connectivity index (χ2v) is 4.00. The van der Waals surface area contributed by atoms with Crippen molar-refractivity contribution < 1.29 is 9.59 Å². The number of thiol groups is 1. The molecule has 0 aromatic carbocycles. The van der Waals surface area contributed by atoms with Gasteiger partial charge in [0, 0.05) is 12.3 Å². The van der Waals surface area contributed by atoms with Crippen molar-refractivity contribution >= 4 is 24.7 Å². The molecule has 4 amide bonds. The van der Waals surface area contributed by atoms with Crippen molar-refractivity contribution in [2.75, 3.05) is 12.3 Å². The Balaban J connectivity index is 2.21. The van der Waals surface area contributed by atoms with Gasteiger partial charge in [0.2, 0.25) is 0 Å². The summed E-state index contributed by atoms with van der Waals surface area (Å²) >= 11 is 4.06. The number of nitrogens with zero attached hydrogens (tertiary/aromatic N) is 1. The fraction of sp³-hybridized carbons (Fsp3) is 0.714. The van der Waals surface area contributed by atoms with Crippen molar-refractivity contribution in [2.24, 2.45) is 0 Å². The first kappa shape index (κ1) is 9.45. The average Bonchev–Trinajstić information content (AvgIpc) is 2.45. The third-order valence-electron chi connectivity index (χ3n) is 2.47. The Morgan fingerprint density at radius 1 is 1.50 bits per heavy atom. The molecule has 78 valence electrons. The molecular weight excluding hydrogens is 204 g/mol. The highest BCUT2D eigenvalue weighted by molar-refractivity contribution is 7.80. The summed E-state index contributed by atoms with van der Waals surface area (Å²) in [4.78, 5) is 24.1. The van der Waals surface area contributed by atoms with E-state index in [0.29, 0.717) is 12.3 Å². The van der Waals surface area contributed by atoms with Crippen LogP contribution in [0.4, 0.5) is 9.59 Å². The van der Waals surface area contributed by atoms with Gasteiger partial charge in [-0.25, -0.2) is 9.59 Å². The molecule has 2 aliphatic rings. The maximum atomic E-state index is 11.5. The molecule has 0 aliphatic carbocycles. The SMILES string of the molecule is CC12NC(=O)NC1N(CCS)C(=O)N2. The minimum Gasteiger partial charge on any atom is -0.314 e. The monoisotopic (exact) mass is 216 g/mol. The molecule has 0 aromatic heterocycles. The van der Waals surface area contributed by atoms with Crippen LogP contribution in [0.5, 0.6) is 0 Å². The summed E-state index contributed by atoms with van der Waals surface area (Å²) in [5.74, 6) is 0.565. The lowest BCUT2D eigenvalue weighted by Crippen LogP contribution is -2.54. The largest absolute Gasteiger partial charge is 0.321 e. The van der Waals surface area contributed by atoms with Gasteiger partial charge in [-0.1, -0.05) is 0 Å². The Morgan fingerprint density at radius 2 is 2.21 bits per heavy atom. The van der Waals surface area contributed by atoms with E-state index in [4.69, 9.17) is 0 Å². The number of carbonyl (C=O) groups is 2. The van der Waals surface area contributed by atoms with Crippen molar-refractivity contribution in [3.05, 3.63) is 0 Å². The maximum Gasteiger partial charge on any atom is 0.321 e. The van der Waals surface area contributed by atoms with Crippen LogP contribution in [0.25, 0.3) is 0 Å². The normalized spacial score (nSPS) is 35.0. The number of nitrogens with one attached hydrogen (secondary N) is 3. The lowest BCUT2D eigenvalue weighted by molar-refractivity contribution is 0.196. The van der Waals surface area contributed by atoms with Crippen LogP contribution < -0.4 is 16.0 Å². The third-order valence-corrected chi connectivity index (χ3v) is 2.67. The summed E-state index contributed by atoms with van der Waals surface area (Å²) in [6, 6.07) is -0.444. The van der Waals surface area contributed by atoms with Gasteiger partial charge in [-0.2, -0.15) is 12.6 Å². The van der Waals surface area contributed by atoms with E-state index in [0.717, 1.165) is 0 Å². The highest BCUT2D eigenvalue weighted by Crippen LogP contribution is 2.22. The summed E-state index contributed by atoms with van der Waals surface area (Å²) < 4.78 is 0. The third kappa shape index (κ3) is 1.19. The zero-order chi connectivity index (χ0) is 10.3. The molecular formula is C7H12N4O2S. The molecule has 2 fully saturated rings.